The molecule has 7 rings (SSSR count). The molecule has 200 valence electrons. The van der Waals surface area contributed by atoms with E-state index in [4.69, 9.17) is 14.5 Å². The Morgan fingerprint density at radius 3 is 2.59 bits per heavy atom. The molecule has 5 aromatic rings. The molecule has 9 heteroatoms. The molecule has 2 aliphatic heterocycles. The third kappa shape index (κ3) is 4.57. The molecule has 5 heterocycles. The molecule has 3 aromatic heterocycles. The third-order valence-corrected chi connectivity index (χ3v) is 8.14. The second-order valence-electron chi connectivity index (χ2n) is 10.5. The largest absolute Gasteiger partial charge is 0.491 e. The van der Waals surface area contributed by atoms with E-state index in [0.29, 0.717) is 28.9 Å². The number of fused-ring (bicyclic) bond motifs is 2. The van der Waals surface area contributed by atoms with Crippen molar-refractivity contribution in [2.24, 2.45) is 0 Å². The number of hydrogen-bond acceptors (Lipinski definition) is 7. The monoisotopic (exact) mass is 523 g/mol. The van der Waals surface area contributed by atoms with Gasteiger partial charge in [-0.25, -0.2) is 9.97 Å². The van der Waals surface area contributed by atoms with E-state index < -0.39 is 0 Å². The molecule has 0 unspecified atom stereocenters. The summed E-state index contributed by atoms with van der Waals surface area (Å²) in [5.41, 5.74) is 4.72. The molecule has 0 bridgehead atoms. The van der Waals surface area contributed by atoms with Gasteiger partial charge >= 0.3 is 0 Å². The first-order valence-electron chi connectivity index (χ1n) is 13.9. The van der Waals surface area contributed by atoms with Gasteiger partial charge in [-0.05, 0) is 81.2 Å². The summed E-state index contributed by atoms with van der Waals surface area (Å²) in [4.78, 5) is 18.0. The summed E-state index contributed by atoms with van der Waals surface area (Å²) in [7, 11) is 1.60. The van der Waals surface area contributed by atoms with Crippen molar-refractivity contribution in [1.82, 2.24) is 30.0 Å². The lowest BCUT2D eigenvalue weighted by atomic mass is 9.99. The molecule has 2 fully saturated rings. The molecule has 0 radical (unpaired) electrons. The zero-order valence-electron chi connectivity index (χ0n) is 22.2. The molecule has 2 N–H and O–H groups in total. The number of aromatic amines is 2. The lowest BCUT2D eigenvalue weighted by Crippen LogP contribution is -2.46. The van der Waals surface area contributed by atoms with Crippen LogP contribution in [0.3, 0.4) is 0 Å². The number of aromatic nitrogens is 5. The smallest absolute Gasteiger partial charge is 0.262 e. The van der Waals surface area contributed by atoms with Gasteiger partial charge in [-0.15, -0.1) is 0 Å². The average Bonchev–Trinajstić information content (AvgIpc) is 3.62. The van der Waals surface area contributed by atoms with E-state index in [1.807, 2.05) is 30.3 Å². The highest BCUT2D eigenvalue weighted by Gasteiger charge is 2.26. The van der Waals surface area contributed by atoms with E-state index in [-0.39, 0.29) is 0 Å². The average molecular weight is 524 g/mol. The number of H-pyrrole nitrogens is 2. The Kier molecular flexibility index (Phi) is 6.28. The predicted molar refractivity (Wildman–Crippen MR) is 153 cm³/mol. The number of nitrogens with one attached hydrogen (secondary N) is 2. The summed E-state index contributed by atoms with van der Waals surface area (Å²) in [6.45, 7) is 4.74. The molecule has 2 saturated heterocycles. The van der Waals surface area contributed by atoms with Gasteiger partial charge in [-0.1, -0.05) is 12.5 Å². The summed E-state index contributed by atoms with van der Waals surface area (Å²) in [5.74, 6) is 2.29. The van der Waals surface area contributed by atoms with Crippen molar-refractivity contribution >= 4 is 27.6 Å². The summed E-state index contributed by atoms with van der Waals surface area (Å²) < 4.78 is 11.6. The molecular formula is C30H33N7O2. The number of imidazole rings is 1. The summed E-state index contributed by atoms with van der Waals surface area (Å²) in [6.07, 6.45) is 8.25. The number of hydrogen-bond donors (Lipinski definition) is 2. The van der Waals surface area contributed by atoms with Crippen LogP contribution in [0.5, 0.6) is 17.4 Å². The van der Waals surface area contributed by atoms with Gasteiger partial charge in [0.05, 0.1) is 29.0 Å². The Balaban J connectivity index is 1.15. The molecule has 0 atom stereocenters. The zero-order chi connectivity index (χ0) is 26.2. The summed E-state index contributed by atoms with van der Waals surface area (Å²) in [5, 5.41) is 8.57. The van der Waals surface area contributed by atoms with Crippen molar-refractivity contribution < 1.29 is 9.47 Å². The summed E-state index contributed by atoms with van der Waals surface area (Å²) >= 11 is 0. The van der Waals surface area contributed by atoms with Gasteiger partial charge in [0, 0.05) is 31.0 Å². The Morgan fingerprint density at radius 1 is 0.897 bits per heavy atom. The fourth-order valence-corrected chi connectivity index (χ4v) is 6.09. The molecule has 0 saturated carbocycles. The normalized spacial score (nSPS) is 17.2. The Morgan fingerprint density at radius 2 is 1.74 bits per heavy atom. The van der Waals surface area contributed by atoms with Gasteiger partial charge in [0.2, 0.25) is 0 Å². The number of anilines is 1. The third-order valence-electron chi connectivity index (χ3n) is 8.14. The standard InChI is InChI=1S/C30H33N7O2/c1-38-26-9-6-14-31-30(26)39-25-8-5-7-23-27(25)28(35-34-23)29-32-22-11-10-21(19-24(22)33-29)37-17-12-20(13-18-37)36-15-3-2-4-16-36/h5-11,14,19-20H,2-4,12-13,15-18H2,1H3,(H,32,33)(H,34,35). The fraction of sp³-hybridized carbons (Fsp3) is 0.367. The second-order valence-corrected chi connectivity index (χ2v) is 10.5. The molecule has 0 spiro atoms. The van der Waals surface area contributed by atoms with Crippen molar-refractivity contribution in [2.75, 3.05) is 38.2 Å². The van der Waals surface area contributed by atoms with E-state index >= 15 is 0 Å². The molecule has 0 amide bonds. The predicted octanol–water partition coefficient (Wildman–Crippen LogP) is 5.76. The number of likely N-dealkylation sites (tertiary alicyclic amines) is 1. The van der Waals surface area contributed by atoms with Gasteiger partial charge in [0.25, 0.3) is 5.88 Å². The van der Waals surface area contributed by atoms with E-state index in [9.17, 15) is 0 Å². The van der Waals surface area contributed by atoms with Gasteiger partial charge in [0.1, 0.15) is 11.4 Å². The van der Waals surface area contributed by atoms with Crippen molar-refractivity contribution in [3.05, 3.63) is 54.7 Å². The van der Waals surface area contributed by atoms with Gasteiger partial charge in [-0.2, -0.15) is 5.10 Å². The number of rotatable bonds is 6. The number of ether oxygens (including phenoxy) is 2. The van der Waals surface area contributed by atoms with Crippen molar-refractivity contribution in [1.29, 1.82) is 0 Å². The molecule has 9 nitrogen and oxygen atoms in total. The molecule has 0 aliphatic carbocycles. The van der Waals surface area contributed by atoms with Crippen LogP contribution in [0.2, 0.25) is 0 Å². The molecular weight excluding hydrogens is 490 g/mol. The van der Waals surface area contributed by atoms with Crippen LogP contribution in [0.25, 0.3) is 33.5 Å². The van der Waals surface area contributed by atoms with Crippen LogP contribution in [0.4, 0.5) is 5.69 Å². The van der Waals surface area contributed by atoms with Crippen LogP contribution in [-0.2, 0) is 0 Å². The Labute approximate surface area is 227 Å². The Hall–Kier alpha value is -4.11. The highest BCUT2D eigenvalue weighted by molar-refractivity contribution is 5.97. The van der Waals surface area contributed by atoms with Crippen LogP contribution in [0.15, 0.2) is 54.7 Å². The first kappa shape index (κ1) is 24.0. The highest BCUT2D eigenvalue weighted by Crippen LogP contribution is 2.38. The van der Waals surface area contributed by atoms with Crippen LogP contribution < -0.4 is 14.4 Å². The van der Waals surface area contributed by atoms with Crippen molar-refractivity contribution in [3.8, 4) is 28.9 Å². The number of methoxy groups -OCH3 is 1. The number of nitrogens with zero attached hydrogens (tertiary/aromatic N) is 5. The van der Waals surface area contributed by atoms with E-state index in [2.05, 4.69) is 48.2 Å². The van der Waals surface area contributed by atoms with Crippen LogP contribution >= 0.6 is 0 Å². The number of benzene rings is 2. The molecule has 39 heavy (non-hydrogen) atoms. The SMILES string of the molecule is COc1cccnc1Oc1cccc2[nH]nc(-c3nc4ccc(N5CCC(N6CCCCC6)CC5)cc4[nH]3)c12. The van der Waals surface area contributed by atoms with E-state index in [0.717, 1.165) is 41.1 Å². The highest BCUT2D eigenvalue weighted by atomic mass is 16.5. The van der Waals surface area contributed by atoms with Crippen molar-refractivity contribution in [2.45, 2.75) is 38.1 Å². The van der Waals surface area contributed by atoms with Gasteiger partial charge in [0.15, 0.2) is 11.6 Å². The second kappa shape index (κ2) is 10.2. The number of pyridine rings is 1. The van der Waals surface area contributed by atoms with E-state index in [1.165, 1.54) is 50.9 Å². The first-order chi connectivity index (χ1) is 19.3. The van der Waals surface area contributed by atoms with Crippen molar-refractivity contribution in [3.63, 3.8) is 0 Å². The molecule has 2 aliphatic rings. The van der Waals surface area contributed by atoms with Crippen LogP contribution in [-0.4, -0.2) is 69.4 Å². The maximum atomic E-state index is 6.21. The number of piperidine rings is 2. The Bertz CT molecular complexity index is 1600. The maximum absolute atomic E-state index is 6.21. The minimum Gasteiger partial charge on any atom is -0.491 e. The van der Waals surface area contributed by atoms with Crippen LogP contribution in [0.1, 0.15) is 32.1 Å². The topological polar surface area (TPSA) is 95.2 Å². The van der Waals surface area contributed by atoms with E-state index in [1.54, 1.807) is 13.3 Å². The molecule has 2 aromatic carbocycles. The maximum Gasteiger partial charge on any atom is 0.262 e. The lowest BCUT2D eigenvalue weighted by molar-refractivity contribution is 0.141. The fourth-order valence-electron chi connectivity index (χ4n) is 6.09. The summed E-state index contributed by atoms with van der Waals surface area (Å²) in [6, 6.07) is 16.7. The quantitative estimate of drug-likeness (QED) is 0.292. The lowest BCUT2D eigenvalue weighted by Gasteiger charge is -2.41. The minimum absolute atomic E-state index is 0.401. The van der Waals surface area contributed by atoms with Gasteiger partial charge < -0.3 is 24.3 Å². The zero-order valence-corrected chi connectivity index (χ0v) is 22.2. The van der Waals surface area contributed by atoms with Crippen LogP contribution in [0, 0.1) is 0 Å². The minimum atomic E-state index is 0.401. The van der Waals surface area contributed by atoms with Gasteiger partial charge in [-0.3, -0.25) is 5.10 Å². The first-order valence-corrected chi connectivity index (χ1v) is 13.9.